The maximum Gasteiger partial charge on any atom is 0.343 e. The van der Waals surface area contributed by atoms with Gasteiger partial charge in [0.05, 0.1) is 5.56 Å². The normalized spacial score (nSPS) is 10.8. The molecule has 3 aromatic carbocycles. The van der Waals surface area contributed by atoms with E-state index in [2.05, 4.69) is 38.1 Å². The Bertz CT molecular complexity index is 953. The van der Waals surface area contributed by atoms with Crippen LogP contribution in [0.15, 0.2) is 72.8 Å². The molecule has 174 valence electrons. The first-order valence-electron chi connectivity index (χ1n) is 12.7. The van der Waals surface area contributed by atoms with Gasteiger partial charge in [-0.2, -0.15) is 0 Å². The van der Waals surface area contributed by atoms with Crippen LogP contribution in [0.3, 0.4) is 0 Å². The van der Waals surface area contributed by atoms with Gasteiger partial charge in [-0.3, -0.25) is 0 Å². The molecule has 0 saturated carbocycles. The Morgan fingerprint density at radius 2 is 1.03 bits per heavy atom. The van der Waals surface area contributed by atoms with Crippen LogP contribution in [0.2, 0.25) is 0 Å². The molecule has 0 bridgehead atoms. The highest BCUT2D eigenvalue weighted by Gasteiger charge is 2.09. The lowest BCUT2D eigenvalue weighted by Gasteiger charge is -2.08. The van der Waals surface area contributed by atoms with Crippen LogP contribution in [-0.4, -0.2) is 5.97 Å². The van der Waals surface area contributed by atoms with Crippen LogP contribution in [0.5, 0.6) is 5.75 Å². The minimum absolute atomic E-state index is 0.312. The summed E-state index contributed by atoms with van der Waals surface area (Å²) in [5.41, 5.74) is 5.57. The predicted octanol–water partition coefficient (Wildman–Crippen LogP) is 8.82. The van der Waals surface area contributed by atoms with E-state index in [0.717, 1.165) is 18.4 Å². The molecule has 0 aliphatic rings. The lowest BCUT2D eigenvalue weighted by molar-refractivity contribution is 0.0735. The molecule has 2 heteroatoms. The molecule has 0 atom stereocenters. The third-order valence-corrected chi connectivity index (χ3v) is 6.18. The Balaban J connectivity index is 1.51. The van der Waals surface area contributed by atoms with Gasteiger partial charge in [0.1, 0.15) is 5.75 Å². The molecule has 3 aromatic rings. The number of esters is 1. The maximum atomic E-state index is 12.5. The third-order valence-electron chi connectivity index (χ3n) is 6.18. The number of hydrogen-bond acceptors (Lipinski definition) is 2. The molecule has 0 aromatic heterocycles. The van der Waals surface area contributed by atoms with Gasteiger partial charge in [-0.1, -0.05) is 101 Å². The summed E-state index contributed by atoms with van der Waals surface area (Å²) in [5.74, 6) is 0.257. The molecule has 0 amide bonds. The molecule has 3 rings (SSSR count). The van der Waals surface area contributed by atoms with Crippen LogP contribution in [0.1, 0.15) is 86.7 Å². The van der Waals surface area contributed by atoms with E-state index in [4.69, 9.17) is 4.74 Å². The summed E-state index contributed by atoms with van der Waals surface area (Å²) in [7, 11) is 0. The van der Waals surface area contributed by atoms with Gasteiger partial charge in [-0.15, -0.1) is 0 Å². The highest BCUT2D eigenvalue weighted by atomic mass is 16.5. The molecule has 2 nitrogen and oxygen atoms in total. The van der Waals surface area contributed by atoms with Crippen molar-refractivity contribution < 1.29 is 9.53 Å². The smallest absolute Gasteiger partial charge is 0.343 e. The van der Waals surface area contributed by atoms with Crippen LogP contribution in [0, 0.1) is 0 Å². The second-order valence-electron chi connectivity index (χ2n) is 8.93. The van der Waals surface area contributed by atoms with Gasteiger partial charge >= 0.3 is 5.97 Å². The molecule has 0 N–H and O–H groups in total. The van der Waals surface area contributed by atoms with E-state index in [-0.39, 0.29) is 5.97 Å². The number of carbonyl (C=O) groups excluding carboxylic acids is 1. The molecular formula is C31H38O2. The molecule has 0 radical (unpaired) electrons. The van der Waals surface area contributed by atoms with E-state index in [1.54, 1.807) is 0 Å². The van der Waals surface area contributed by atoms with Crippen LogP contribution in [0.4, 0.5) is 0 Å². The van der Waals surface area contributed by atoms with Gasteiger partial charge in [0.15, 0.2) is 0 Å². The topological polar surface area (TPSA) is 26.3 Å². The number of ether oxygens (including phenoxy) is 1. The minimum atomic E-state index is -0.312. The molecule has 0 aliphatic carbocycles. The van der Waals surface area contributed by atoms with Crippen molar-refractivity contribution in [3.63, 3.8) is 0 Å². The zero-order valence-electron chi connectivity index (χ0n) is 20.3. The fourth-order valence-electron chi connectivity index (χ4n) is 4.06. The van der Waals surface area contributed by atoms with Crippen molar-refractivity contribution in [3.8, 4) is 16.9 Å². The van der Waals surface area contributed by atoms with Crippen molar-refractivity contribution in [2.45, 2.75) is 78.1 Å². The van der Waals surface area contributed by atoms with Gasteiger partial charge in [-0.05, 0) is 72.2 Å². The molecule has 0 saturated heterocycles. The number of rotatable bonds is 13. The third kappa shape index (κ3) is 8.20. The fourth-order valence-corrected chi connectivity index (χ4v) is 4.06. The first-order chi connectivity index (χ1) is 16.2. The minimum Gasteiger partial charge on any atom is -0.423 e. The van der Waals surface area contributed by atoms with E-state index < -0.39 is 0 Å². The van der Waals surface area contributed by atoms with Gasteiger partial charge in [0.2, 0.25) is 0 Å². The fraction of sp³-hybridized carbons (Fsp3) is 0.387. The average molecular weight is 443 g/mol. The van der Waals surface area contributed by atoms with E-state index in [1.165, 1.54) is 68.1 Å². The van der Waals surface area contributed by atoms with Crippen LogP contribution in [-0.2, 0) is 12.8 Å². The maximum absolute atomic E-state index is 12.5. The standard InChI is InChI=1S/C31H38O2/c1-3-5-7-9-11-25-13-17-27(18-14-25)28-21-23-30(24-22-28)33-31(32)29-19-15-26(16-20-29)12-10-8-6-4-2/h13-24H,3-12H2,1-2H3. The van der Waals surface area contributed by atoms with E-state index in [1.807, 2.05) is 48.5 Å². The summed E-state index contributed by atoms with van der Waals surface area (Å²) in [5, 5.41) is 0. The van der Waals surface area contributed by atoms with Gasteiger partial charge in [-0.25, -0.2) is 4.79 Å². The van der Waals surface area contributed by atoms with E-state index in [9.17, 15) is 4.79 Å². The molecule has 0 aliphatic heterocycles. The lowest BCUT2D eigenvalue weighted by atomic mass is 10.0. The Kier molecular flexibility index (Phi) is 10.2. The Morgan fingerprint density at radius 3 is 1.52 bits per heavy atom. The first kappa shape index (κ1) is 24.8. The van der Waals surface area contributed by atoms with Crippen LogP contribution >= 0.6 is 0 Å². The molecule has 0 spiro atoms. The van der Waals surface area contributed by atoms with Crippen molar-refractivity contribution in [3.05, 3.63) is 89.5 Å². The highest BCUT2D eigenvalue weighted by Crippen LogP contribution is 2.24. The predicted molar refractivity (Wildman–Crippen MR) is 139 cm³/mol. The molecule has 0 fully saturated rings. The van der Waals surface area contributed by atoms with Crippen molar-refractivity contribution in [1.29, 1.82) is 0 Å². The van der Waals surface area contributed by atoms with Gasteiger partial charge in [0, 0.05) is 0 Å². The molecule has 33 heavy (non-hydrogen) atoms. The number of hydrogen-bond donors (Lipinski definition) is 0. The summed E-state index contributed by atoms with van der Waals surface area (Å²) in [6.45, 7) is 4.47. The number of benzene rings is 3. The highest BCUT2D eigenvalue weighted by molar-refractivity contribution is 5.91. The van der Waals surface area contributed by atoms with Gasteiger partial charge < -0.3 is 4.74 Å². The second-order valence-corrected chi connectivity index (χ2v) is 8.93. The van der Waals surface area contributed by atoms with E-state index >= 15 is 0 Å². The van der Waals surface area contributed by atoms with Crippen molar-refractivity contribution >= 4 is 5.97 Å². The molecule has 0 unspecified atom stereocenters. The second kappa shape index (κ2) is 13.6. The Morgan fingerprint density at radius 1 is 0.576 bits per heavy atom. The SMILES string of the molecule is CCCCCCc1ccc(C(=O)Oc2ccc(-c3ccc(CCCCCC)cc3)cc2)cc1. The lowest BCUT2D eigenvalue weighted by Crippen LogP contribution is -2.08. The summed E-state index contributed by atoms with van der Waals surface area (Å²) in [6.07, 6.45) is 12.4. The van der Waals surface area contributed by atoms with Crippen molar-refractivity contribution in [1.82, 2.24) is 0 Å². The summed E-state index contributed by atoms with van der Waals surface area (Å²) >= 11 is 0. The van der Waals surface area contributed by atoms with Crippen molar-refractivity contribution in [2.24, 2.45) is 0 Å². The monoisotopic (exact) mass is 442 g/mol. The van der Waals surface area contributed by atoms with Gasteiger partial charge in [0.25, 0.3) is 0 Å². The quantitative estimate of drug-likeness (QED) is 0.150. The molecular weight excluding hydrogens is 404 g/mol. The number of carbonyl (C=O) groups is 1. The number of aryl methyl sites for hydroxylation is 2. The Hall–Kier alpha value is -2.87. The van der Waals surface area contributed by atoms with E-state index in [0.29, 0.717) is 11.3 Å². The summed E-state index contributed by atoms with van der Waals surface area (Å²) in [4.78, 5) is 12.5. The van der Waals surface area contributed by atoms with Crippen LogP contribution in [0.25, 0.3) is 11.1 Å². The average Bonchev–Trinajstić information content (AvgIpc) is 2.86. The zero-order chi connectivity index (χ0) is 23.3. The summed E-state index contributed by atoms with van der Waals surface area (Å²) in [6, 6.07) is 24.4. The Labute approximate surface area is 200 Å². The van der Waals surface area contributed by atoms with Crippen LogP contribution < -0.4 is 4.74 Å². The first-order valence-corrected chi connectivity index (χ1v) is 12.7. The zero-order valence-corrected chi connectivity index (χ0v) is 20.3. The largest absolute Gasteiger partial charge is 0.423 e. The number of unbranched alkanes of at least 4 members (excludes halogenated alkanes) is 6. The van der Waals surface area contributed by atoms with Crippen molar-refractivity contribution in [2.75, 3.05) is 0 Å². The summed E-state index contributed by atoms with van der Waals surface area (Å²) < 4.78 is 5.59. The molecule has 0 heterocycles.